The average molecular weight is 192 g/mol. The summed E-state index contributed by atoms with van der Waals surface area (Å²) >= 11 is 0. The van der Waals surface area contributed by atoms with E-state index in [0.29, 0.717) is 6.04 Å². The summed E-state index contributed by atoms with van der Waals surface area (Å²) in [7, 11) is 0. The summed E-state index contributed by atoms with van der Waals surface area (Å²) < 4.78 is 0. The lowest BCUT2D eigenvalue weighted by Gasteiger charge is -2.29. The van der Waals surface area contributed by atoms with Crippen LogP contribution in [0.15, 0.2) is 18.3 Å². The summed E-state index contributed by atoms with van der Waals surface area (Å²) in [5.41, 5.74) is 1.45. The number of aromatic nitrogens is 1. The van der Waals surface area contributed by atoms with Gasteiger partial charge in [-0.1, -0.05) is 26.8 Å². The highest BCUT2D eigenvalue weighted by Gasteiger charge is 2.20. The quantitative estimate of drug-likeness (QED) is 0.778. The molecule has 1 unspecified atom stereocenters. The van der Waals surface area contributed by atoms with E-state index in [2.05, 4.69) is 51.0 Å². The number of aryl methyl sites for hydroxylation is 1. The molecule has 0 radical (unpaired) electrons. The number of rotatable bonds is 2. The van der Waals surface area contributed by atoms with Crippen LogP contribution in [0.5, 0.6) is 0 Å². The Balaban J connectivity index is 2.75. The molecule has 0 fully saturated rings. The fraction of sp³-hybridized carbons (Fsp3) is 0.583. The molecule has 1 aromatic rings. The lowest BCUT2D eigenvalue weighted by molar-refractivity contribution is 0.358. The highest BCUT2D eigenvalue weighted by Crippen LogP contribution is 2.22. The Morgan fingerprint density at radius 3 is 2.50 bits per heavy atom. The SMILES string of the molecule is Cc1cccnc1NC(C)C(C)(C)C. The van der Waals surface area contributed by atoms with Crippen molar-refractivity contribution in [1.29, 1.82) is 0 Å². The smallest absolute Gasteiger partial charge is 0.129 e. The predicted molar refractivity (Wildman–Crippen MR) is 61.5 cm³/mol. The molecule has 0 aliphatic heterocycles. The van der Waals surface area contributed by atoms with Crippen molar-refractivity contribution in [3.63, 3.8) is 0 Å². The van der Waals surface area contributed by atoms with Gasteiger partial charge in [-0.15, -0.1) is 0 Å². The van der Waals surface area contributed by atoms with Crippen LogP contribution in [-0.2, 0) is 0 Å². The van der Waals surface area contributed by atoms with Crippen molar-refractivity contribution in [2.45, 2.75) is 40.7 Å². The van der Waals surface area contributed by atoms with E-state index in [4.69, 9.17) is 0 Å². The molecule has 0 aromatic carbocycles. The molecule has 1 rings (SSSR count). The summed E-state index contributed by atoms with van der Waals surface area (Å²) in [6.45, 7) is 10.9. The first-order chi connectivity index (χ1) is 6.41. The minimum Gasteiger partial charge on any atom is -0.367 e. The van der Waals surface area contributed by atoms with E-state index in [1.54, 1.807) is 0 Å². The van der Waals surface area contributed by atoms with Crippen LogP contribution in [0.1, 0.15) is 33.3 Å². The molecule has 0 saturated heterocycles. The summed E-state index contributed by atoms with van der Waals surface area (Å²) in [4.78, 5) is 4.32. The summed E-state index contributed by atoms with van der Waals surface area (Å²) in [6.07, 6.45) is 1.82. The van der Waals surface area contributed by atoms with Crippen molar-refractivity contribution in [2.24, 2.45) is 5.41 Å². The third-order valence-electron chi connectivity index (χ3n) is 2.66. The van der Waals surface area contributed by atoms with Crippen molar-refractivity contribution in [2.75, 3.05) is 5.32 Å². The molecule has 1 N–H and O–H groups in total. The van der Waals surface area contributed by atoms with Gasteiger partial charge in [0.05, 0.1) is 0 Å². The van der Waals surface area contributed by atoms with Gasteiger partial charge >= 0.3 is 0 Å². The van der Waals surface area contributed by atoms with Gasteiger partial charge < -0.3 is 5.32 Å². The fourth-order valence-electron chi connectivity index (χ4n) is 1.06. The molecule has 2 nitrogen and oxygen atoms in total. The molecule has 1 atom stereocenters. The number of nitrogens with zero attached hydrogens (tertiary/aromatic N) is 1. The molecule has 1 aromatic heterocycles. The molecule has 0 aliphatic carbocycles. The van der Waals surface area contributed by atoms with Gasteiger partial charge in [-0.2, -0.15) is 0 Å². The van der Waals surface area contributed by atoms with E-state index in [9.17, 15) is 0 Å². The Bertz CT molecular complexity index is 299. The van der Waals surface area contributed by atoms with Crippen molar-refractivity contribution < 1.29 is 0 Å². The number of pyridine rings is 1. The minimum absolute atomic E-state index is 0.254. The van der Waals surface area contributed by atoms with E-state index in [0.717, 1.165) is 5.82 Å². The fourth-order valence-corrected chi connectivity index (χ4v) is 1.06. The Labute approximate surface area is 86.8 Å². The zero-order valence-electron chi connectivity index (χ0n) is 9.76. The Morgan fingerprint density at radius 1 is 1.36 bits per heavy atom. The number of hydrogen-bond acceptors (Lipinski definition) is 2. The Kier molecular flexibility index (Phi) is 3.14. The van der Waals surface area contributed by atoms with Crippen molar-refractivity contribution in [3.05, 3.63) is 23.9 Å². The first kappa shape index (κ1) is 11.0. The maximum Gasteiger partial charge on any atom is 0.129 e. The standard InChI is InChI=1S/C12H20N2/c1-9-7-6-8-13-11(9)14-10(2)12(3,4)5/h6-8,10H,1-5H3,(H,13,14). The van der Waals surface area contributed by atoms with E-state index in [-0.39, 0.29) is 5.41 Å². The van der Waals surface area contributed by atoms with E-state index in [1.807, 2.05) is 12.3 Å². The van der Waals surface area contributed by atoms with E-state index >= 15 is 0 Å². The first-order valence-electron chi connectivity index (χ1n) is 5.09. The second-order valence-corrected chi connectivity index (χ2v) is 4.90. The van der Waals surface area contributed by atoms with Crippen LogP contribution in [0.4, 0.5) is 5.82 Å². The van der Waals surface area contributed by atoms with Crippen molar-refractivity contribution in [1.82, 2.24) is 4.98 Å². The lowest BCUT2D eigenvalue weighted by Crippen LogP contribution is -2.31. The topological polar surface area (TPSA) is 24.9 Å². The highest BCUT2D eigenvalue weighted by atomic mass is 15.0. The zero-order chi connectivity index (χ0) is 10.8. The average Bonchev–Trinajstić information content (AvgIpc) is 2.07. The van der Waals surface area contributed by atoms with Crippen molar-refractivity contribution in [3.8, 4) is 0 Å². The normalized spacial score (nSPS) is 13.8. The van der Waals surface area contributed by atoms with Gasteiger partial charge in [0, 0.05) is 12.2 Å². The predicted octanol–water partition coefficient (Wildman–Crippen LogP) is 3.24. The van der Waals surface area contributed by atoms with Crippen LogP contribution in [0.25, 0.3) is 0 Å². The molecule has 14 heavy (non-hydrogen) atoms. The van der Waals surface area contributed by atoms with Crippen LogP contribution in [0.3, 0.4) is 0 Å². The van der Waals surface area contributed by atoms with Gasteiger partial charge in [0.1, 0.15) is 5.82 Å². The highest BCUT2D eigenvalue weighted by molar-refractivity contribution is 5.43. The second-order valence-electron chi connectivity index (χ2n) is 4.90. The Hall–Kier alpha value is -1.05. The molecule has 78 valence electrons. The van der Waals surface area contributed by atoms with E-state index in [1.165, 1.54) is 5.56 Å². The van der Waals surface area contributed by atoms with Crippen LogP contribution in [0.2, 0.25) is 0 Å². The lowest BCUT2D eigenvalue weighted by atomic mass is 9.88. The zero-order valence-corrected chi connectivity index (χ0v) is 9.76. The molecule has 0 spiro atoms. The number of anilines is 1. The van der Waals surface area contributed by atoms with Gasteiger partial charge in [0.2, 0.25) is 0 Å². The molecule has 0 aliphatic rings. The van der Waals surface area contributed by atoms with Gasteiger partial charge in [0.15, 0.2) is 0 Å². The van der Waals surface area contributed by atoms with Crippen LogP contribution in [-0.4, -0.2) is 11.0 Å². The molecular weight excluding hydrogens is 172 g/mol. The third kappa shape index (κ3) is 2.72. The van der Waals surface area contributed by atoms with Gasteiger partial charge in [-0.3, -0.25) is 0 Å². The molecule has 0 amide bonds. The van der Waals surface area contributed by atoms with Gasteiger partial charge in [0.25, 0.3) is 0 Å². The third-order valence-corrected chi connectivity index (χ3v) is 2.66. The Morgan fingerprint density at radius 2 is 2.00 bits per heavy atom. The first-order valence-corrected chi connectivity index (χ1v) is 5.09. The molecule has 1 heterocycles. The number of hydrogen-bond donors (Lipinski definition) is 1. The minimum atomic E-state index is 0.254. The summed E-state index contributed by atoms with van der Waals surface area (Å²) in [5, 5.41) is 3.44. The largest absolute Gasteiger partial charge is 0.367 e. The van der Waals surface area contributed by atoms with Crippen LogP contribution >= 0.6 is 0 Å². The van der Waals surface area contributed by atoms with Gasteiger partial charge in [-0.05, 0) is 30.9 Å². The summed E-state index contributed by atoms with van der Waals surface area (Å²) in [5.74, 6) is 0.995. The molecular formula is C12H20N2. The second kappa shape index (κ2) is 3.99. The monoisotopic (exact) mass is 192 g/mol. The van der Waals surface area contributed by atoms with E-state index < -0.39 is 0 Å². The maximum absolute atomic E-state index is 4.32. The van der Waals surface area contributed by atoms with Gasteiger partial charge in [-0.25, -0.2) is 4.98 Å². The van der Waals surface area contributed by atoms with Crippen LogP contribution in [0, 0.1) is 12.3 Å². The molecule has 0 bridgehead atoms. The summed E-state index contributed by atoms with van der Waals surface area (Å²) in [6, 6.07) is 4.45. The van der Waals surface area contributed by atoms with Crippen LogP contribution < -0.4 is 5.32 Å². The molecule has 2 heteroatoms. The maximum atomic E-state index is 4.32. The number of nitrogens with one attached hydrogen (secondary N) is 1. The molecule has 0 saturated carbocycles. The van der Waals surface area contributed by atoms with Crippen molar-refractivity contribution >= 4 is 5.82 Å².